The highest BCUT2D eigenvalue weighted by atomic mass is 16.6. The van der Waals surface area contributed by atoms with Crippen LogP contribution >= 0.6 is 0 Å². The number of nitrogens with one attached hydrogen (secondary N) is 1. The van der Waals surface area contributed by atoms with Crippen LogP contribution in [0, 0.1) is 0 Å². The molecule has 0 saturated carbocycles. The molecule has 4 aromatic rings. The number of rotatable bonds is 6. The van der Waals surface area contributed by atoms with Crippen LogP contribution in [0.15, 0.2) is 67.1 Å². The number of amides is 1. The Balaban J connectivity index is 1.07. The van der Waals surface area contributed by atoms with Gasteiger partial charge in [-0.25, -0.2) is 14.6 Å². The summed E-state index contributed by atoms with van der Waals surface area (Å²) in [5.41, 5.74) is 2.00. The highest BCUT2D eigenvalue weighted by molar-refractivity contribution is 5.87. The van der Waals surface area contributed by atoms with Crippen molar-refractivity contribution in [3.63, 3.8) is 0 Å². The van der Waals surface area contributed by atoms with Gasteiger partial charge in [0.15, 0.2) is 17.1 Å². The first-order chi connectivity index (χ1) is 17.8. The first-order valence-corrected chi connectivity index (χ1v) is 12.1. The molecule has 1 saturated heterocycles. The lowest BCUT2D eigenvalue weighted by molar-refractivity contribution is -0.130. The largest absolute Gasteiger partial charge is 0.485 e. The number of carbonyl (C=O) groups excluding carboxylic acids is 1. The third-order valence-electron chi connectivity index (χ3n) is 6.54. The molecule has 1 amide bonds. The molecule has 0 aliphatic carbocycles. The first kappa shape index (κ1) is 22.1. The molecule has 184 valence electrons. The van der Waals surface area contributed by atoms with Crippen LogP contribution in [-0.4, -0.2) is 71.1 Å². The molecule has 2 aliphatic rings. The van der Waals surface area contributed by atoms with Crippen molar-refractivity contribution >= 4 is 28.4 Å². The quantitative estimate of drug-likeness (QED) is 0.444. The van der Waals surface area contributed by atoms with Crippen molar-refractivity contribution in [1.82, 2.24) is 25.1 Å². The smallest absolute Gasteiger partial charge is 0.264 e. The summed E-state index contributed by atoms with van der Waals surface area (Å²) in [4.78, 5) is 26.3. The number of benzene rings is 2. The van der Waals surface area contributed by atoms with E-state index in [1.54, 1.807) is 17.1 Å². The Kier molecular flexibility index (Phi) is 5.98. The fraction of sp³-hybridized carbons (Fsp3) is 0.308. The van der Waals surface area contributed by atoms with Crippen LogP contribution in [0.4, 0.5) is 11.5 Å². The summed E-state index contributed by atoms with van der Waals surface area (Å²) < 4.78 is 13.2. The molecule has 0 radical (unpaired) electrons. The molecule has 0 spiro atoms. The van der Waals surface area contributed by atoms with Gasteiger partial charge in [-0.3, -0.25) is 4.79 Å². The van der Waals surface area contributed by atoms with Gasteiger partial charge in [-0.1, -0.05) is 30.3 Å². The van der Waals surface area contributed by atoms with E-state index in [1.165, 1.54) is 5.69 Å². The highest BCUT2D eigenvalue weighted by Crippen LogP contribution is 2.31. The maximum Gasteiger partial charge on any atom is 0.264 e. The predicted octanol–water partition coefficient (Wildman–Crippen LogP) is 2.11. The summed E-state index contributed by atoms with van der Waals surface area (Å²) >= 11 is 0. The average molecular weight is 486 g/mol. The average Bonchev–Trinajstić information content (AvgIpc) is 3.36. The maximum atomic E-state index is 12.6. The Labute approximate surface area is 208 Å². The monoisotopic (exact) mass is 485 g/mol. The van der Waals surface area contributed by atoms with E-state index in [4.69, 9.17) is 9.47 Å². The molecule has 1 N–H and O–H groups in total. The standard InChI is InChI=1S/C26H27N7O3/c34-26(23-17-35-21-8-4-5-9-22(21)36-23)27-10-11-33-25-20(16-30-33)24(28-18-29-25)32-14-12-31(13-15-32)19-6-2-1-3-7-19/h1-9,16,18,23H,10-15,17H2,(H,27,34). The number of hydrogen-bond acceptors (Lipinski definition) is 8. The number of aromatic nitrogens is 4. The molecule has 1 unspecified atom stereocenters. The molecule has 0 bridgehead atoms. The van der Waals surface area contributed by atoms with Gasteiger partial charge in [-0.2, -0.15) is 5.10 Å². The number of ether oxygens (including phenoxy) is 2. The zero-order valence-electron chi connectivity index (χ0n) is 19.8. The van der Waals surface area contributed by atoms with Gasteiger partial charge in [0.1, 0.15) is 18.8 Å². The maximum absolute atomic E-state index is 12.6. The normalized spacial score (nSPS) is 17.3. The topological polar surface area (TPSA) is 97.6 Å². The Morgan fingerprint density at radius 1 is 0.944 bits per heavy atom. The van der Waals surface area contributed by atoms with Gasteiger partial charge >= 0.3 is 0 Å². The van der Waals surface area contributed by atoms with Gasteiger partial charge in [-0.05, 0) is 24.3 Å². The van der Waals surface area contributed by atoms with Crippen LogP contribution in [0.3, 0.4) is 0 Å². The fourth-order valence-corrected chi connectivity index (χ4v) is 4.66. The van der Waals surface area contributed by atoms with Crippen molar-refractivity contribution in [2.24, 2.45) is 0 Å². The molecule has 1 atom stereocenters. The van der Waals surface area contributed by atoms with Gasteiger partial charge in [0.2, 0.25) is 6.10 Å². The van der Waals surface area contributed by atoms with E-state index >= 15 is 0 Å². The minimum atomic E-state index is -0.683. The van der Waals surface area contributed by atoms with E-state index < -0.39 is 6.10 Å². The Morgan fingerprint density at radius 3 is 2.53 bits per heavy atom. The van der Waals surface area contributed by atoms with Crippen LogP contribution in [0.5, 0.6) is 11.5 Å². The second-order valence-electron chi connectivity index (χ2n) is 8.77. The number of anilines is 2. The number of fused-ring (bicyclic) bond motifs is 2. The van der Waals surface area contributed by atoms with Crippen molar-refractivity contribution < 1.29 is 14.3 Å². The Morgan fingerprint density at radius 2 is 1.69 bits per heavy atom. The Bertz CT molecular complexity index is 1350. The van der Waals surface area contributed by atoms with Gasteiger partial charge in [0.25, 0.3) is 5.91 Å². The zero-order chi connectivity index (χ0) is 24.3. The number of carbonyl (C=O) groups is 1. The van der Waals surface area contributed by atoms with E-state index in [0.29, 0.717) is 24.6 Å². The van der Waals surface area contributed by atoms with Gasteiger partial charge < -0.3 is 24.6 Å². The SMILES string of the molecule is O=C(NCCn1ncc2c(N3CCN(c4ccccc4)CC3)ncnc21)C1COc2ccccc2O1. The van der Waals surface area contributed by atoms with Crippen LogP contribution < -0.4 is 24.6 Å². The van der Waals surface area contributed by atoms with Crippen molar-refractivity contribution in [3.8, 4) is 11.5 Å². The van der Waals surface area contributed by atoms with E-state index in [9.17, 15) is 4.79 Å². The van der Waals surface area contributed by atoms with Crippen LogP contribution in [0.1, 0.15) is 0 Å². The molecule has 36 heavy (non-hydrogen) atoms. The molecular weight excluding hydrogens is 458 g/mol. The highest BCUT2D eigenvalue weighted by Gasteiger charge is 2.27. The molecule has 2 aromatic heterocycles. The van der Waals surface area contributed by atoms with Gasteiger partial charge in [0, 0.05) is 38.4 Å². The molecule has 4 heterocycles. The van der Waals surface area contributed by atoms with Crippen molar-refractivity contribution in [1.29, 1.82) is 0 Å². The summed E-state index contributed by atoms with van der Waals surface area (Å²) in [6, 6.07) is 17.8. The number of hydrogen-bond donors (Lipinski definition) is 1. The molecule has 6 rings (SSSR count). The van der Waals surface area contributed by atoms with Gasteiger partial charge in [0.05, 0.1) is 18.1 Å². The lowest BCUT2D eigenvalue weighted by atomic mass is 10.2. The first-order valence-electron chi connectivity index (χ1n) is 12.1. The zero-order valence-corrected chi connectivity index (χ0v) is 19.8. The van der Waals surface area contributed by atoms with E-state index in [2.05, 4.69) is 54.4 Å². The number of piperazine rings is 1. The fourth-order valence-electron chi connectivity index (χ4n) is 4.66. The van der Waals surface area contributed by atoms with E-state index in [1.807, 2.05) is 30.5 Å². The van der Waals surface area contributed by atoms with Crippen LogP contribution in [-0.2, 0) is 11.3 Å². The lowest BCUT2D eigenvalue weighted by Gasteiger charge is -2.36. The Hall–Kier alpha value is -4.34. The molecule has 2 aliphatic heterocycles. The van der Waals surface area contributed by atoms with Crippen LogP contribution in [0.25, 0.3) is 11.0 Å². The number of nitrogens with zero attached hydrogens (tertiary/aromatic N) is 6. The summed E-state index contributed by atoms with van der Waals surface area (Å²) in [6.45, 7) is 4.65. The molecule has 10 nitrogen and oxygen atoms in total. The summed E-state index contributed by atoms with van der Waals surface area (Å²) in [6.07, 6.45) is 2.71. The van der Waals surface area contributed by atoms with Crippen molar-refractivity contribution in [2.75, 3.05) is 49.1 Å². The molecule has 1 fully saturated rings. The summed E-state index contributed by atoms with van der Waals surface area (Å²) in [7, 11) is 0. The molecule has 10 heteroatoms. The summed E-state index contributed by atoms with van der Waals surface area (Å²) in [5.74, 6) is 1.92. The minimum absolute atomic E-state index is 0.182. The van der Waals surface area contributed by atoms with Gasteiger partial charge in [-0.15, -0.1) is 0 Å². The minimum Gasteiger partial charge on any atom is -0.485 e. The second-order valence-corrected chi connectivity index (χ2v) is 8.77. The lowest BCUT2D eigenvalue weighted by Crippen LogP contribution is -2.46. The van der Waals surface area contributed by atoms with Crippen molar-refractivity contribution in [2.45, 2.75) is 12.6 Å². The third kappa shape index (κ3) is 4.37. The van der Waals surface area contributed by atoms with Crippen LogP contribution in [0.2, 0.25) is 0 Å². The third-order valence-corrected chi connectivity index (χ3v) is 6.54. The van der Waals surface area contributed by atoms with E-state index in [0.717, 1.165) is 43.0 Å². The second kappa shape index (κ2) is 9.73. The van der Waals surface area contributed by atoms with E-state index in [-0.39, 0.29) is 12.5 Å². The molecular formula is C26H27N7O3. The number of para-hydroxylation sites is 3. The molecule has 2 aromatic carbocycles. The summed E-state index contributed by atoms with van der Waals surface area (Å²) in [5, 5.41) is 8.36. The predicted molar refractivity (Wildman–Crippen MR) is 136 cm³/mol. The van der Waals surface area contributed by atoms with Crippen molar-refractivity contribution in [3.05, 3.63) is 67.1 Å².